The summed E-state index contributed by atoms with van der Waals surface area (Å²) in [6, 6.07) is 7.36. The molecule has 0 spiro atoms. The molecule has 1 saturated carbocycles. The number of nitrogens with one attached hydrogen (secondary N) is 3. The first-order chi connectivity index (χ1) is 16.0. The Kier molecular flexibility index (Phi) is 6.55. The van der Waals surface area contributed by atoms with E-state index in [0.29, 0.717) is 23.7 Å². The minimum absolute atomic E-state index is 0.188. The van der Waals surface area contributed by atoms with Crippen LogP contribution in [-0.2, 0) is 11.9 Å². The molecule has 3 aromatic rings. The lowest BCUT2D eigenvalue weighted by molar-refractivity contribution is 0.0365. The number of amides is 2. The summed E-state index contributed by atoms with van der Waals surface area (Å²) in [7, 11) is 3.41. The van der Waals surface area contributed by atoms with Crippen LogP contribution >= 0.6 is 0 Å². The Bertz CT molecular complexity index is 1170. The molecule has 0 atom stereocenters. The summed E-state index contributed by atoms with van der Waals surface area (Å²) < 4.78 is 7.40. The van der Waals surface area contributed by atoms with E-state index in [-0.39, 0.29) is 23.2 Å². The largest absolute Gasteiger partial charge is 0.494 e. The highest BCUT2D eigenvalue weighted by molar-refractivity contribution is 6.02. The molecule has 10 heteroatoms. The molecule has 10 nitrogen and oxygen atoms in total. The molecule has 1 fully saturated rings. The standard InChI is InChI=1S/C23H26N6O4/c1-4-33-28-22(30)17-12-24-20(23(31)26-15-8-9-15)10-19(17)27-18-7-5-6-16(21(18)32-3)14-11-25-29(2)13-14/h5-7,10-13,15H,4,8-9H2,1-3H3,(H,24,27)(H,26,31)(H,28,30). The van der Waals surface area contributed by atoms with Crippen LogP contribution in [0.25, 0.3) is 11.1 Å². The first-order valence-electron chi connectivity index (χ1n) is 10.7. The average molecular weight is 450 g/mol. The van der Waals surface area contributed by atoms with Gasteiger partial charge in [0.05, 0.1) is 36.9 Å². The van der Waals surface area contributed by atoms with Gasteiger partial charge in [0.1, 0.15) is 11.4 Å². The second kappa shape index (κ2) is 9.70. The summed E-state index contributed by atoms with van der Waals surface area (Å²) in [5.74, 6) is -0.195. The molecule has 2 heterocycles. The maximum atomic E-state index is 12.7. The number of rotatable bonds is 9. The Morgan fingerprint density at radius 2 is 2.00 bits per heavy atom. The normalized spacial score (nSPS) is 12.8. The van der Waals surface area contributed by atoms with Gasteiger partial charge in [-0.05, 0) is 31.9 Å². The van der Waals surface area contributed by atoms with Crippen LogP contribution < -0.4 is 20.9 Å². The number of hydrogen-bond donors (Lipinski definition) is 3. The lowest BCUT2D eigenvalue weighted by Gasteiger charge is -2.17. The predicted molar refractivity (Wildman–Crippen MR) is 122 cm³/mol. The number of aromatic nitrogens is 3. The first-order valence-corrected chi connectivity index (χ1v) is 10.7. The predicted octanol–water partition coefficient (Wildman–Crippen LogP) is 2.81. The minimum atomic E-state index is -0.483. The van der Waals surface area contributed by atoms with Crippen molar-refractivity contribution in [3.05, 3.63) is 54.1 Å². The molecule has 0 aliphatic heterocycles. The van der Waals surface area contributed by atoms with E-state index in [1.165, 1.54) is 6.20 Å². The van der Waals surface area contributed by atoms with Crippen molar-refractivity contribution in [2.45, 2.75) is 25.8 Å². The van der Waals surface area contributed by atoms with Gasteiger partial charge < -0.3 is 15.4 Å². The molecule has 2 aromatic heterocycles. The number of nitrogens with zero attached hydrogens (tertiary/aromatic N) is 3. The van der Waals surface area contributed by atoms with Crippen LogP contribution in [-0.4, -0.2) is 46.3 Å². The topological polar surface area (TPSA) is 119 Å². The summed E-state index contributed by atoms with van der Waals surface area (Å²) in [6.45, 7) is 2.07. The zero-order valence-corrected chi connectivity index (χ0v) is 18.7. The van der Waals surface area contributed by atoms with E-state index < -0.39 is 5.91 Å². The number of aryl methyl sites for hydroxylation is 1. The molecule has 1 aliphatic rings. The van der Waals surface area contributed by atoms with Crippen LogP contribution in [0.1, 0.15) is 40.6 Å². The van der Waals surface area contributed by atoms with Crippen molar-refractivity contribution in [3.8, 4) is 16.9 Å². The Morgan fingerprint density at radius 3 is 2.67 bits per heavy atom. The van der Waals surface area contributed by atoms with E-state index in [0.717, 1.165) is 24.0 Å². The summed E-state index contributed by atoms with van der Waals surface area (Å²) in [5.41, 5.74) is 5.52. The van der Waals surface area contributed by atoms with E-state index in [1.54, 1.807) is 31.0 Å². The van der Waals surface area contributed by atoms with Gasteiger partial charge in [-0.2, -0.15) is 5.10 Å². The van der Waals surface area contributed by atoms with Crippen molar-refractivity contribution >= 4 is 23.2 Å². The highest BCUT2D eigenvalue weighted by atomic mass is 16.6. The average Bonchev–Trinajstić information content (AvgIpc) is 3.53. The minimum Gasteiger partial charge on any atom is -0.494 e. The molecule has 0 saturated heterocycles. The molecule has 4 rings (SSSR count). The van der Waals surface area contributed by atoms with E-state index in [2.05, 4.69) is 26.2 Å². The smallest absolute Gasteiger partial charge is 0.278 e. The molecule has 1 aromatic carbocycles. The van der Waals surface area contributed by atoms with Crippen LogP contribution in [0.15, 0.2) is 42.9 Å². The number of ether oxygens (including phenoxy) is 1. The molecule has 0 unspecified atom stereocenters. The Hall–Kier alpha value is -3.92. The van der Waals surface area contributed by atoms with Gasteiger partial charge in [0.15, 0.2) is 0 Å². The molecular weight excluding hydrogens is 424 g/mol. The Morgan fingerprint density at radius 1 is 1.18 bits per heavy atom. The van der Waals surface area contributed by atoms with E-state index >= 15 is 0 Å². The zero-order valence-electron chi connectivity index (χ0n) is 18.7. The number of anilines is 2. The van der Waals surface area contributed by atoms with Gasteiger partial charge in [-0.15, -0.1) is 0 Å². The highest BCUT2D eigenvalue weighted by Crippen LogP contribution is 2.38. The summed E-state index contributed by atoms with van der Waals surface area (Å²) in [6.07, 6.45) is 6.91. The Labute approximate surface area is 191 Å². The number of para-hydroxylation sites is 1. The summed E-state index contributed by atoms with van der Waals surface area (Å²) >= 11 is 0. The number of hydroxylamine groups is 1. The molecule has 0 bridgehead atoms. The number of carbonyl (C=O) groups is 2. The van der Waals surface area contributed by atoms with Gasteiger partial charge in [0.25, 0.3) is 11.8 Å². The Balaban J connectivity index is 1.71. The number of benzene rings is 1. The van der Waals surface area contributed by atoms with Crippen LogP contribution in [0.5, 0.6) is 5.75 Å². The van der Waals surface area contributed by atoms with Crippen molar-refractivity contribution in [2.75, 3.05) is 19.0 Å². The fourth-order valence-corrected chi connectivity index (χ4v) is 3.33. The van der Waals surface area contributed by atoms with Gasteiger partial charge in [0.2, 0.25) is 0 Å². The van der Waals surface area contributed by atoms with Crippen molar-refractivity contribution < 1.29 is 19.2 Å². The van der Waals surface area contributed by atoms with Gasteiger partial charge >= 0.3 is 0 Å². The maximum absolute atomic E-state index is 12.7. The van der Waals surface area contributed by atoms with E-state index in [4.69, 9.17) is 9.57 Å². The molecule has 172 valence electrons. The van der Waals surface area contributed by atoms with Crippen molar-refractivity contribution in [3.63, 3.8) is 0 Å². The van der Waals surface area contributed by atoms with Crippen LogP contribution in [0.3, 0.4) is 0 Å². The van der Waals surface area contributed by atoms with Crippen LogP contribution in [0.4, 0.5) is 11.4 Å². The zero-order chi connectivity index (χ0) is 23.4. The number of methoxy groups -OCH3 is 1. The number of hydrogen-bond acceptors (Lipinski definition) is 7. The first kappa shape index (κ1) is 22.3. The van der Waals surface area contributed by atoms with Crippen LogP contribution in [0, 0.1) is 0 Å². The molecule has 1 aliphatic carbocycles. The van der Waals surface area contributed by atoms with Gasteiger partial charge in [-0.3, -0.25) is 24.1 Å². The highest BCUT2D eigenvalue weighted by Gasteiger charge is 2.25. The van der Waals surface area contributed by atoms with Crippen molar-refractivity contribution in [1.29, 1.82) is 0 Å². The third-order valence-electron chi connectivity index (χ3n) is 5.11. The second-order valence-electron chi connectivity index (χ2n) is 7.64. The molecule has 33 heavy (non-hydrogen) atoms. The van der Waals surface area contributed by atoms with Gasteiger partial charge in [-0.25, -0.2) is 5.48 Å². The fraction of sp³-hybridized carbons (Fsp3) is 0.304. The monoisotopic (exact) mass is 450 g/mol. The SMILES string of the molecule is CCONC(=O)c1cnc(C(=O)NC2CC2)cc1Nc1cccc(-c2cnn(C)c2)c1OC. The third-order valence-corrected chi connectivity index (χ3v) is 5.11. The van der Waals surface area contributed by atoms with Gasteiger partial charge in [0, 0.05) is 36.6 Å². The maximum Gasteiger partial charge on any atom is 0.278 e. The fourth-order valence-electron chi connectivity index (χ4n) is 3.33. The lowest BCUT2D eigenvalue weighted by Crippen LogP contribution is -2.28. The number of pyridine rings is 1. The quantitative estimate of drug-likeness (QED) is 0.429. The summed E-state index contributed by atoms with van der Waals surface area (Å²) in [4.78, 5) is 34.5. The second-order valence-corrected chi connectivity index (χ2v) is 7.64. The van der Waals surface area contributed by atoms with Gasteiger partial charge in [-0.1, -0.05) is 12.1 Å². The molecule has 3 N–H and O–H groups in total. The van der Waals surface area contributed by atoms with Crippen LogP contribution in [0.2, 0.25) is 0 Å². The molecule has 0 radical (unpaired) electrons. The molecule has 2 amide bonds. The van der Waals surface area contributed by atoms with E-state index in [1.807, 2.05) is 31.4 Å². The van der Waals surface area contributed by atoms with E-state index in [9.17, 15) is 9.59 Å². The molecular formula is C23H26N6O4. The van der Waals surface area contributed by atoms with Crippen molar-refractivity contribution in [2.24, 2.45) is 7.05 Å². The summed E-state index contributed by atoms with van der Waals surface area (Å²) in [5, 5.41) is 10.4. The number of carbonyl (C=O) groups excluding carboxylic acids is 2. The third kappa shape index (κ3) is 5.12. The lowest BCUT2D eigenvalue weighted by atomic mass is 10.1. The van der Waals surface area contributed by atoms with Crippen molar-refractivity contribution in [1.82, 2.24) is 25.6 Å².